The molecule has 0 radical (unpaired) electrons. The maximum Gasteiger partial charge on any atom is 0.455 e. The average Bonchev–Trinajstić information content (AvgIpc) is 2.24. The second kappa shape index (κ2) is 4.67. The highest BCUT2D eigenvalue weighted by atomic mass is 19.4. The van der Waals surface area contributed by atoms with Gasteiger partial charge >= 0.3 is 12.4 Å². The van der Waals surface area contributed by atoms with Crippen LogP contribution in [-0.2, 0) is 6.18 Å². The van der Waals surface area contributed by atoms with Gasteiger partial charge in [0.25, 0.3) is 5.78 Å². The molecule has 1 rings (SSSR count). The van der Waals surface area contributed by atoms with Crippen LogP contribution in [0.4, 0.5) is 32.3 Å². The molecule has 1 aromatic rings. The molecule has 0 saturated carbocycles. The molecule has 1 heterocycles. The molecule has 0 atom stereocenters. The molecule has 0 N–H and O–H groups in total. The number of nitrogens with zero attached hydrogens (tertiary/aromatic N) is 3. The lowest BCUT2D eigenvalue weighted by molar-refractivity contribution is -0.142. The molecule has 0 aliphatic carbocycles. The molecule has 0 bridgehead atoms. The van der Waals surface area contributed by atoms with Crippen molar-refractivity contribution in [3.05, 3.63) is 17.5 Å². The van der Waals surface area contributed by atoms with Crippen molar-refractivity contribution in [3.8, 4) is 0 Å². The maximum absolute atomic E-state index is 12.6. The number of ketones is 1. The van der Waals surface area contributed by atoms with Gasteiger partial charge < -0.3 is 4.90 Å². The van der Waals surface area contributed by atoms with Crippen LogP contribution in [0.5, 0.6) is 0 Å². The Kier molecular flexibility index (Phi) is 3.73. The number of hydrogen-bond donors (Lipinski definition) is 0. The van der Waals surface area contributed by atoms with Crippen molar-refractivity contribution in [1.29, 1.82) is 0 Å². The molecule has 4 nitrogen and oxygen atoms in total. The van der Waals surface area contributed by atoms with Gasteiger partial charge in [-0.3, -0.25) is 4.79 Å². The van der Waals surface area contributed by atoms with E-state index in [1.165, 1.54) is 14.1 Å². The van der Waals surface area contributed by atoms with Crippen molar-refractivity contribution in [1.82, 2.24) is 9.97 Å². The molecule has 0 spiro atoms. The number of carbonyl (C=O) groups is 1. The molecule has 0 unspecified atom stereocenters. The van der Waals surface area contributed by atoms with Crippen LogP contribution in [0.2, 0.25) is 0 Å². The predicted molar refractivity (Wildman–Crippen MR) is 51.7 cm³/mol. The van der Waals surface area contributed by atoms with Crippen LogP contribution in [-0.4, -0.2) is 36.0 Å². The van der Waals surface area contributed by atoms with Crippen LogP contribution >= 0.6 is 0 Å². The van der Waals surface area contributed by atoms with E-state index in [0.29, 0.717) is 0 Å². The smallest absolute Gasteiger partial charge is 0.347 e. The Bertz CT molecular complexity index is 494. The highest BCUT2D eigenvalue weighted by Crippen LogP contribution is 2.33. The van der Waals surface area contributed by atoms with Crippen LogP contribution in [0, 0.1) is 0 Å². The second-order valence-electron chi connectivity index (χ2n) is 3.65. The Morgan fingerprint density at radius 2 is 1.68 bits per heavy atom. The van der Waals surface area contributed by atoms with Crippen LogP contribution < -0.4 is 4.90 Å². The van der Waals surface area contributed by atoms with Crippen LogP contribution in [0.3, 0.4) is 0 Å². The van der Waals surface area contributed by atoms with Gasteiger partial charge in [-0.2, -0.15) is 26.3 Å². The van der Waals surface area contributed by atoms with E-state index < -0.39 is 35.3 Å². The molecular formula is C9H7F6N3O. The molecule has 1 aromatic heterocycles. The zero-order chi connectivity index (χ0) is 15.0. The molecule has 0 amide bonds. The summed E-state index contributed by atoms with van der Waals surface area (Å²) in [4.78, 5) is 18.2. The van der Waals surface area contributed by atoms with Crippen LogP contribution in [0.25, 0.3) is 0 Å². The number of Topliss-reactive ketones (excluding diaryl/α,β-unsaturated/α-hetero) is 1. The predicted octanol–water partition coefficient (Wildman–Crippen LogP) is 2.31. The Labute approximate surface area is 103 Å². The van der Waals surface area contributed by atoms with Crippen molar-refractivity contribution < 1.29 is 31.1 Å². The third-order valence-corrected chi connectivity index (χ3v) is 1.95. The van der Waals surface area contributed by atoms with Crippen molar-refractivity contribution in [2.24, 2.45) is 0 Å². The first kappa shape index (κ1) is 15.2. The van der Waals surface area contributed by atoms with E-state index in [0.717, 1.165) is 4.90 Å². The second-order valence-corrected chi connectivity index (χ2v) is 3.65. The largest absolute Gasteiger partial charge is 0.455 e. The maximum atomic E-state index is 12.6. The molecular weight excluding hydrogens is 280 g/mol. The molecule has 0 aromatic carbocycles. The summed E-state index contributed by atoms with van der Waals surface area (Å²) in [6.45, 7) is 0. The molecule has 0 saturated heterocycles. The summed E-state index contributed by atoms with van der Waals surface area (Å²) in [7, 11) is 2.61. The van der Waals surface area contributed by atoms with Gasteiger partial charge in [0, 0.05) is 20.3 Å². The number of hydrogen-bond acceptors (Lipinski definition) is 4. The van der Waals surface area contributed by atoms with E-state index >= 15 is 0 Å². The van der Waals surface area contributed by atoms with Gasteiger partial charge in [-0.05, 0) is 0 Å². The fourth-order valence-corrected chi connectivity index (χ4v) is 1.12. The zero-order valence-electron chi connectivity index (χ0n) is 9.60. The number of alkyl halides is 6. The Morgan fingerprint density at radius 3 is 2.05 bits per heavy atom. The molecule has 19 heavy (non-hydrogen) atoms. The van der Waals surface area contributed by atoms with Gasteiger partial charge in [-0.25, -0.2) is 9.97 Å². The topological polar surface area (TPSA) is 46.1 Å². The Hall–Kier alpha value is -1.87. The molecule has 0 fully saturated rings. The van der Waals surface area contributed by atoms with Gasteiger partial charge in [0.15, 0.2) is 5.69 Å². The highest BCUT2D eigenvalue weighted by molar-refractivity contribution is 6.01. The van der Waals surface area contributed by atoms with Crippen molar-refractivity contribution >= 4 is 11.7 Å². The van der Waals surface area contributed by atoms with Gasteiger partial charge in [-0.15, -0.1) is 0 Å². The summed E-state index contributed by atoms with van der Waals surface area (Å²) in [6.07, 6.45) is -10.4. The van der Waals surface area contributed by atoms with Crippen molar-refractivity contribution in [2.75, 3.05) is 19.0 Å². The molecule has 0 aliphatic rings. The number of anilines is 1. The van der Waals surface area contributed by atoms with Crippen LogP contribution in [0.15, 0.2) is 6.20 Å². The zero-order valence-corrected chi connectivity index (χ0v) is 9.60. The minimum Gasteiger partial charge on any atom is -0.347 e. The summed E-state index contributed by atoms with van der Waals surface area (Å²) in [5.74, 6) is -3.09. The summed E-state index contributed by atoms with van der Waals surface area (Å²) in [6, 6.07) is 0. The van der Waals surface area contributed by atoms with E-state index in [1.807, 2.05) is 0 Å². The van der Waals surface area contributed by atoms with Crippen molar-refractivity contribution in [3.63, 3.8) is 0 Å². The number of rotatable bonds is 2. The van der Waals surface area contributed by atoms with Crippen LogP contribution in [0.1, 0.15) is 16.1 Å². The third-order valence-electron chi connectivity index (χ3n) is 1.95. The fourth-order valence-electron chi connectivity index (χ4n) is 1.12. The van der Waals surface area contributed by atoms with Crippen molar-refractivity contribution in [2.45, 2.75) is 12.4 Å². The van der Waals surface area contributed by atoms with E-state index in [2.05, 4.69) is 9.97 Å². The summed E-state index contributed by atoms with van der Waals surface area (Å²) in [5, 5.41) is 0. The first-order valence-electron chi connectivity index (χ1n) is 4.67. The number of carbonyl (C=O) groups excluding carboxylic acids is 1. The molecule has 0 aliphatic heterocycles. The van der Waals surface area contributed by atoms with Gasteiger partial charge in [-0.1, -0.05) is 0 Å². The monoisotopic (exact) mass is 287 g/mol. The Morgan fingerprint density at radius 1 is 1.16 bits per heavy atom. The lowest BCUT2D eigenvalue weighted by Gasteiger charge is -2.15. The lowest BCUT2D eigenvalue weighted by Crippen LogP contribution is -2.28. The van der Waals surface area contributed by atoms with E-state index in [4.69, 9.17) is 0 Å². The quantitative estimate of drug-likeness (QED) is 0.618. The summed E-state index contributed by atoms with van der Waals surface area (Å²) >= 11 is 0. The average molecular weight is 287 g/mol. The first-order valence-corrected chi connectivity index (χ1v) is 4.67. The van der Waals surface area contributed by atoms with Gasteiger partial charge in [0.05, 0.1) is 5.56 Å². The normalized spacial score (nSPS) is 12.4. The molecule has 10 heteroatoms. The standard InChI is InChI=1S/C9H7F6N3O/c1-18(2)7-16-3-4(6(19)9(13,14)15)5(17-7)8(10,11)12/h3H,1-2H3. The van der Waals surface area contributed by atoms with E-state index in [1.54, 1.807) is 0 Å². The third kappa shape index (κ3) is 3.32. The minimum absolute atomic E-state index is 0.223. The number of aromatic nitrogens is 2. The van der Waals surface area contributed by atoms with Gasteiger partial charge in [0.2, 0.25) is 5.95 Å². The first-order chi connectivity index (χ1) is 8.44. The summed E-state index contributed by atoms with van der Waals surface area (Å²) in [5.41, 5.74) is -3.53. The fraction of sp³-hybridized carbons (Fsp3) is 0.444. The molecule has 106 valence electrons. The van der Waals surface area contributed by atoms with Gasteiger partial charge in [0.1, 0.15) is 0 Å². The minimum atomic E-state index is -5.43. The summed E-state index contributed by atoms with van der Waals surface area (Å²) < 4.78 is 74.4. The van der Waals surface area contributed by atoms with E-state index in [9.17, 15) is 31.1 Å². The SMILES string of the molecule is CN(C)c1ncc(C(=O)C(F)(F)F)c(C(F)(F)F)n1. The highest BCUT2D eigenvalue weighted by Gasteiger charge is 2.46. The Balaban J connectivity index is 3.45. The number of halogens is 6. The lowest BCUT2D eigenvalue weighted by atomic mass is 10.1. The van der Waals surface area contributed by atoms with E-state index in [-0.39, 0.29) is 6.20 Å².